The lowest BCUT2D eigenvalue weighted by Crippen LogP contribution is -2.10. The zero-order valence-electron chi connectivity index (χ0n) is 11.6. The van der Waals surface area contributed by atoms with Crippen molar-refractivity contribution in [3.05, 3.63) is 63.7 Å². The third-order valence-corrected chi connectivity index (χ3v) is 3.34. The Morgan fingerprint density at radius 3 is 2.64 bits per heavy atom. The van der Waals surface area contributed by atoms with Crippen LogP contribution in [0.5, 0.6) is 5.75 Å². The van der Waals surface area contributed by atoms with Gasteiger partial charge in [-0.1, -0.05) is 12.1 Å². The molecular formula is C15H12N2O5. The molecule has 0 saturated carbocycles. The van der Waals surface area contributed by atoms with Crippen molar-refractivity contribution in [2.75, 3.05) is 12.4 Å². The lowest BCUT2D eigenvalue weighted by Gasteiger charge is -2.11. The number of fused-ring (bicyclic) bond motifs is 1. The average Bonchev–Trinajstić information content (AvgIpc) is 2.97. The van der Waals surface area contributed by atoms with Gasteiger partial charge < -0.3 is 14.8 Å². The van der Waals surface area contributed by atoms with E-state index < -0.39 is 17.1 Å². The van der Waals surface area contributed by atoms with Crippen LogP contribution in [-0.2, 0) is 4.74 Å². The number of hydrogen-bond donors (Lipinski definition) is 1. The van der Waals surface area contributed by atoms with Crippen LogP contribution >= 0.6 is 0 Å². The Kier molecular flexibility index (Phi) is 3.38. The summed E-state index contributed by atoms with van der Waals surface area (Å²) in [5.74, 6) is 0.137. The van der Waals surface area contributed by atoms with Gasteiger partial charge in [-0.25, -0.2) is 4.79 Å². The van der Waals surface area contributed by atoms with Crippen molar-refractivity contribution in [1.82, 2.24) is 0 Å². The molecule has 112 valence electrons. The van der Waals surface area contributed by atoms with Crippen molar-refractivity contribution >= 4 is 17.3 Å². The number of nitro groups is 1. The van der Waals surface area contributed by atoms with Crippen molar-refractivity contribution in [1.29, 1.82) is 0 Å². The van der Waals surface area contributed by atoms with Crippen LogP contribution < -0.4 is 10.1 Å². The minimum Gasteiger partial charge on any atom is -0.465 e. The number of nitrogens with zero attached hydrogens (tertiary/aromatic N) is 1. The van der Waals surface area contributed by atoms with E-state index in [0.29, 0.717) is 17.0 Å². The number of methoxy groups -OCH3 is 1. The maximum Gasteiger partial charge on any atom is 0.337 e. The van der Waals surface area contributed by atoms with E-state index in [9.17, 15) is 14.9 Å². The minimum absolute atomic E-state index is 0.00320. The molecule has 1 N–H and O–H groups in total. The van der Waals surface area contributed by atoms with Gasteiger partial charge in [0, 0.05) is 17.7 Å². The van der Waals surface area contributed by atoms with Crippen molar-refractivity contribution in [3.63, 3.8) is 0 Å². The summed E-state index contributed by atoms with van der Waals surface area (Å²) < 4.78 is 10.3. The maximum absolute atomic E-state index is 11.4. The fraction of sp³-hybridized carbons (Fsp3) is 0.133. The number of carbonyl (C=O) groups is 1. The van der Waals surface area contributed by atoms with Crippen LogP contribution in [0.25, 0.3) is 0 Å². The fourth-order valence-electron chi connectivity index (χ4n) is 2.21. The van der Waals surface area contributed by atoms with Crippen molar-refractivity contribution in [2.24, 2.45) is 0 Å². The first kappa shape index (κ1) is 13.9. The van der Waals surface area contributed by atoms with E-state index in [0.717, 1.165) is 5.56 Å². The summed E-state index contributed by atoms with van der Waals surface area (Å²) in [5.41, 5.74) is 1.80. The number of ether oxygens (including phenoxy) is 2. The normalized spacial score (nSPS) is 15.4. The number of nitro benzene ring substituents is 1. The molecule has 0 fully saturated rings. The summed E-state index contributed by atoms with van der Waals surface area (Å²) in [6.07, 6.45) is -0.455. The molecule has 0 radical (unpaired) electrons. The fourth-order valence-corrected chi connectivity index (χ4v) is 2.21. The van der Waals surface area contributed by atoms with Crippen molar-refractivity contribution in [2.45, 2.75) is 6.23 Å². The van der Waals surface area contributed by atoms with Gasteiger partial charge in [-0.3, -0.25) is 10.1 Å². The number of benzene rings is 2. The summed E-state index contributed by atoms with van der Waals surface area (Å²) in [6, 6.07) is 11.1. The molecule has 3 rings (SSSR count). The predicted octanol–water partition coefficient (Wildman–Crippen LogP) is 2.88. The highest BCUT2D eigenvalue weighted by atomic mass is 16.6. The first-order valence-electron chi connectivity index (χ1n) is 6.48. The molecule has 2 aromatic rings. The Balaban J connectivity index is 1.80. The smallest absolute Gasteiger partial charge is 0.337 e. The largest absolute Gasteiger partial charge is 0.465 e. The molecule has 0 saturated heterocycles. The van der Waals surface area contributed by atoms with E-state index in [-0.39, 0.29) is 5.69 Å². The standard InChI is InChI=1S/C15H12N2O5/c1-21-15(18)10-4-2-9(3-5-10)14-16-12-8-11(17(19)20)6-7-13(12)22-14/h2-8,14,16H,1H3. The Hall–Kier alpha value is -3.09. The number of hydrogen-bond acceptors (Lipinski definition) is 6. The van der Waals surface area contributed by atoms with Crippen molar-refractivity contribution in [3.8, 4) is 5.75 Å². The van der Waals surface area contributed by atoms with Gasteiger partial charge in [-0.2, -0.15) is 0 Å². The highest BCUT2D eigenvalue weighted by Crippen LogP contribution is 2.39. The van der Waals surface area contributed by atoms with Gasteiger partial charge in [-0.05, 0) is 18.2 Å². The zero-order valence-corrected chi connectivity index (χ0v) is 11.6. The second-order valence-corrected chi connectivity index (χ2v) is 4.69. The maximum atomic E-state index is 11.4. The Bertz CT molecular complexity index is 742. The number of nitrogens with one attached hydrogen (secondary N) is 1. The van der Waals surface area contributed by atoms with Crippen LogP contribution in [-0.4, -0.2) is 18.0 Å². The molecule has 0 spiro atoms. The van der Waals surface area contributed by atoms with Gasteiger partial charge in [-0.15, -0.1) is 0 Å². The molecule has 0 bridgehead atoms. The van der Waals surface area contributed by atoms with E-state index in [2.05, 4.69) is 10.1 Å². The van der Waals surface area contributed by atoms with E-state index in [4.69, 9.17) is 4.74 Å². The molecule has 7 nitrogen and oxygen atoms in total. The second-order valence-electron chi connectivity index (χ2n) is 4.69. The molecule has 22 heavy (non-hydrogen) atoms. The molecule has 0 aromatic heterocycles. The average molecular weight is 300 g/mol. The van der Waals surface area contributed by atoms with Gasteiger partial charge in [0.25, 0.3) is 5.69 Å². The van der Waals surface area contributed by atoms with E-state index in [1.165, 1.54) is 19.2 Å². The summed E-state index contributed by atoms with van der Waals surface area (Å²) in [6.45, 7) is 0. The lowest BCUT2D eigenvalue weighted by atomic mass is 10.1. The number of rotatable bonds is 3. The third kappa shape index (κ3) is 2.44. The molecular weight excluding hydrogens is 288 g/mol. The number of anilines is 1. The summed E-state index contributed by atoms with van der Waals surface area (Å²) in [4.78, 5) is 21.7. The third-order valence-electron chi connectivity index (χ3n) is 3.34. The van der Waals surface area contributed by atoms with E-state index in [1.807, 2.05) is 0 Å². The monoisotopic (exact) mass is 300 g/mol. The number of carbonyl (C=O) groups excluding carboxylic acids is 1. The van der Waals surface area contributed by atoms with Gasteiger partial charge in [0.2, 0.25) is 0 Å². The van der Waals surface area contributed by atoms with Gasteiger partial charge >= 0.3 is 5.97 Å². The molecule has 1 aliphatic heterocycles. The SMILES string of the molecule is COC(=O)c1ccc(C2Nc3cc([N+](=O)[O-])ccc3O2)cc1. The number of non-ortho nitro benzene ring substituents is 1. The molecule has 0 aliphatic carbocycles. The van der Waals surface area contributed by atoms with Crippen LogP contribution in [0.4, 0.5) is 11.4 Å². The molecule has 2 aromatic carbocycles. The Morgan fingerprint density at radius 1 is 1.27 bits per heavy atom. The van der Waals surface area contributed by atoms with Crippen LogP contribution in [0.1, 0.15) is 22.1 Å². The highest BCUT2D eigenvalue weighted by molar-refractivity contribution is 5.89. The number of esters is 1. The van der Waals surface area contributed by atoms with Crippen molar-refractivity contribution < 1.29 is 19.2 Å². The molecule has 1 heterocycles. The van der Waals surface area contributed by atoms with E-state index in [1.54, 1.807) is 30.3 Å². The molecule has 7 heteroatoms. The van der Waals surface area contributed by atoms with Crippen LogP contribution in [0.2, 0.25) is 0 Å². The first-order valence-corrected chi connectivity index (χ1v) is 6.48. The van der Waals surface area contributed by atoms with Gasteiger partial charge in [0.15, 0.2) is 6.23 Å². The first-order chi connectivity index (χ1) is 10.6. The summed E-state index contributed by atoms with van der Waals surface area (Å²) in [7, 11) is 1.32. The second kappa shape index (κ2) is 5.36. The zero-order chi connectivity index (χ0) is 15.7. The molecule has 1 aliphatic rings. The van der Waals surface area contributed by atoms with Gasteiger partial charge in [0.05, 0.1) is 23.3 Å². The van der Waals surface area contributed by atoms with Crippen LogP contribution in [0.3, 0.4) is 0 Å². The highest BCUT2D eigenvalue weighted by Gasteiger charge is 2.25. The summed E-state index contributed by atoms with van der Waals surface area (Å²) in [5, 5.41) is 13.8. The Labute approximate surface area is 125 Å². The van der Waals surface area contributed by atoms with E-state index >= 15 is 0 Å². The molecule has 0 amide bonds. The van der Waals surface area contributed by atoms with Gasteiger partial charge in [0.1, 0.15) is 5.75 Å². The predicted molar refractivity (Wildman–Crippen MR) is 77.9 cm³/mol. The molecule has 1 unspecified atom stereocenters. The summed E-state index contributed by atoms with van der Waals surface area (Å²) >= 11 is 0. The molecule has 1 atom stereocenters. The van der Waals surface area contributed by atoms with Crippen LogP contribution in [0, 0.1) is 10.1 Å². The topological polar surface area (TPSA) is 90.7 Å². The van der Waals surface area contributed by atoms with Crippen LogP contribution in [0.15, 0.2) is 42.5 Å². The Morgan fingerprint density at radius 2 is 2.00 bits per heavy atom. The quantitative estimate of drug-likeness (QED) is 0.532. The minimum atomic E-state index is -0.458. The lowest BCUT2D eigenvalue weighted by molar-refractivity contribution is -0.384.